The molecule has 0 fully saturated rings. The molecule has 0 aliphatic carbocycles. The maximum Gasteiger partial charge on any atom is 0.312 e. The molecule has 0 saturated heterocycles. The van der Waals surface area contributed by atoms with Crippen LogP contribution in [-0.4, -0.2) is 19.9 Å². The van der Waals surface area contributed by atoms with E-state index < -0.39 is 0 Å². The lowest BCUT2D eigenvalue weighted by Crippen LogP contribution is -1.97. The number of rotatable bonds is 2. The van der Waals surface area contributed by atoms with Gasteiger partial charge < -0.3 is 5.11 Å². The van der Waals surface area contributed by atoms with Crippen LogP contribution in [0.1, 0.15) is 13.3 Å². The highest BCUT2D eigenvalue weighted by atomic mass is 16.3. The first-order valence-electron chi connectivity index (χ1n) is 2.91. The molecule has 0 saturated carbocycles. The maximum absolute atomic E-state index is 8.87. The smallest absolute Gasteiger partial charge is 0.312 e. The minimum atomic E-state index is -0.00292. The Morgan fingerprint density at radius 3 is 3.00 bits per heavy atom. The summed E-state index contributed by atoms with van der Waals surface area (Å²) in [5.41, 5.74) is 0. The van der Waals surface area contributed by atoms with E-state index in [1.165, 1.54) is 11.0 Å². The minimum Gasteiger partial charge on any atom is -0.479 e. The largest absolute Gasteiger partial charge is 0.479 e. The Kier molecular flexibility index (Phi) is 1.67. The van der Waals surface area contributed by atoms with E-state index in [0.717, 1.165) is 13.0 Å². The normalized spacial score (nSPS) is 9.89. The molecule has 1 N–H and O–H groups in total. The summed E-state index contributed by atoms with van der Waals surface area (Å²) in [6.07, 6.45) is 2.29. The van der Waals surface area contributed by atoms with Crippen molar-refractivity contribution in [1.82, 2.24) is 14.8 Å². The van der Waals surface area contributed by atoms with Crippen LogP contribution in [0.4, 0.5) is 0 Å². The van der Waals surface area contributed by atoms with Crippen LogP contribution in [0.15, 0.2) is 6.33 Å². The number of hydrogen-bond donors (Lipinski definition) is 1. The van der Waals surface area contributed by atoms with E-state index >= 15 is 0 Å². The van der Waals surface area contributed by atoms with Gasteiger partial charge in [0.2, 0.25) is 0 Å². The molecular formula is C5H9N3O. The Morgan fingerprint density at radius 1 is 1.78 bits per heavy atom. The standard InChI is InChI=1S/C5H9N3O/c1-2-3-8-5(9)6-4-7-8/h4H,2-3H2,1H3,(H,6,7,9). The highest BCUT2D eigenvalue weighted by Gasteiger charge is 1.96. The zero-order valence-corrected chi connectivity index (χ0v) is 5.28. The first-order chi connectivity index (χ1) is 4.34. The molecule has 0 aliphatic heterocycles. The summed E-state index contributed by atoms with van der Waals surface area (Å²) in [4.78, 5) is 3.54. The molecule has 0 radical (unpaired) electrons. The Balaban J connectivity index is 2.69. The van der Waals surface area contributed by atoms with Crippen LogP contribution < -0.4 is 0 Å². The fourth-order valence-electron chi connectivity index (χ4n) is 0.628. The highest BCUT2D eigenvalue weighted by molar-refractivity contribution is 4.85. The van der Waals surface area contributed by atoms with E-state index in [1.54, 1.807) is 0 Å². The fraction of sp³-hybridized carbons (Fsp3) is 0.600. The third kappa shape index (κ3) is 1.19. The molecule has 1 rings (SSSR count). The monoisotopic (exact) mass is 127 g/mol. The second kappa shape index (κ2) is 2.48. The van der Waals surface area contributed by atoms with E-state index in [1.807, 2.05) is 6.92 Å². The van der Waals surface area contributed by atoms with Crippen LogP contribution in [0.2, 0.25) is 0 Å². The predicted octanol–water partition coefficient (Wildman–Crippen LogP) is 0.394. The lowest BCUT2D eigenvalue weighted by atomic mass is 10.5. The highest BCUT2D eigenvalue weighted by Crippen LogP contribution is 2.00. The third-order valence-corrected chi connectivity index (χ3v) is 1.03. The molecule has 1 aromatic heterocycles. The molecule has 0 spiro atoms. The van der Waals surface area contributed by atoms with Crippen molar-refractivity contribution in [2.75, 3.05) is 0 Å². The van der Waals surface area contributed by atoms with Crippen molar-refractivity contribution < 1.29 is 5.11 Å². The quantitative estimate of drug-likeness (QED) is 0.625. The van der Waals surface area contributed by atoms with Gasteiger partial charge in [0.1, 0.15) is 6.33 Å². The minimum absolute atomic E-state index is 0.00292. The van der Waals surface area contributed by atoms with Crippen LogP contribution in [0.3, 0.4) is 0 Å². The van der Waals surface area contributed by atoms with Crippen molar-refractivity contribution in [2.24, 2.45) is 0 Å². The van der Waals surface area contributed by atoms with Crippen molar-refractivity contribution >= 4 is 0 Å². The van der Waals surface area contributed by atoms with Crippen molar-refractivity contribution in [3.05, 3.63) is 6.33 Å². The Hall–Kier alpha value is -1.06. The van der Waals surface area contributed by atoms with Gasteiger partial charge in [-0.3, -0.25) is 0 Å². The summed E-state index contributed by atoms with van der Waals surface area (Å²) >= 11 is 0. The van der Waals surface area contributed by atoms with Gasteiger partial charge >= 0.3 is 6.01 Å². The third-order valence-electron chi connectivity index (χ3n) is 1.03. The first kappa shape index (κ1) is 6.07. The molecule has 9 heavy (non-hydrogen) atoms. The molecule has 0 aliphatic rings. The predicted molar refractivity (Wildman–Crippen MR) is 32.0 cm³/mol. The SMILES string of the molecule is CCCn1ncnc1O. The van der Waals surface area contributed by atoms with Gasteiger partial charge in [-0.05, 0) is 6.42 Å². The maximum atomic E-state index is 8.87. The van der Waals surface area contributed by atoms with Gasteiger partial charge in [0.15, 0.2) is 0 Å². The molecule has 0 bridgehead atoms. The van der Waals surface area contributed by atoms with Gasteiger partial charge in [-0.25, -0.2) is 4.68 Å². The van der Waals surface area contributed by atoms with E-state index in [-0.39, 0.29) is 6.01 Å². The lowest BCUT2D eigenvalue weighted by molar-refractivity contribution is 0.382. The van der Waals surface area contributed by atoms with Crippen LogP contribution in [0.5, 0.6) is 6.01 Å². The summed E-state index contributed by atoms with van der Waals surface area (Å²) < 4.78 is 1.46. The molecule has 1 aromatic rings. The Labute approximate surface area is 53.1 Å². The number of hydrogen-bond acceptors (Lipinski definition) is 3. The van der Waals surface area contributed by atoms with Crippen LogP contribution >= 0.6 is 0 Å². The molecule has 0 amide bonds. The summed E-state index contributed by atoms with van der Waals surface area (Å²) in [5.74, 6) is 0. The summed E-state index contributed by atoms with van der Waals surface area (Å²) in [5, 5.41) is 12.6. The molecule has 50 valence electrons. The van der Waals surface area contributed by atoms with Gasteiger partial charge in [-0.2, -0.15) is 10.1 Å². The topological polar surface area (TPSA) is 50.9 Å². The van der Waals surface area contributed by atoms with Crippen LogP contribution in [0, 0.1) is 0 Å². The van der Waals surface area contributed by atoms with Gasteiger partial charge in [0.05, 0.1) is 0 Å². The lowest BCUT2D eigenvalue weighted by Gasteiger charge is -1.94. The van der Waals surface area contributed by atoms with Crippen molar-refractivity contribution in [3.63, 3.8) is 0 Å². The zero-order valence-electron chi connectivity index (χ0n) is 5.28. The van der Waals surface area contributed by atoms with Crippen LogP contribution in [0.25, 0.3) is 0 Å². The number of aromatic hydroxyl groups is 1. The summed E-state index contributed by atoms with van der Waals surface area (Å²) in [6.45, 7) is 2.74. The van der Waals surface area contributed by atoms with Gasteiger partial charge in [0.25, 0.3) is 0 Å². The number of aromatic nitrogens is 3. The van der Waals surface area contributed by atoms with Gasteiger partial charge in [-0.15, -0.1) is 0 Å². The molecule has 4 nitrogen and oxygen atoms in total. The molecule has 1 heterocycles. The van der Waals surface area contributed by atoms with Gasteiger partial charge in [-0.1, -0.05) is 6.92 Å². The zero-order chi connectivity index (χ0) is 6.69. The van der Waals surface area contributed by atoms with E-state index in [0.29, 0.717) is 0 Å². The fourth-order valence-corrected chi connectivity index (χ4v) is 0.628. The van der Waals surface area contributed by atoms with Crippen molar-refractivity contribution in [1.29, 1.82) is 0 Å². The van der Waals surface area contributed by atoms with E-state index in [4.69, 9.17) is 5.11 Å². The second-order valence-electron chi connectivity index (χ2n) is 1.78. The average molecular weight is 127 g/mol. The van der Waals surface area contributed by atoms with Crippen molar-refractivity contribution in [3.8, 4) is 6.01 Å². The second-order valence-corrected chi connectivity index (χ2v) is 1.78. The molecule has 4 heteroatoms. The van der Waals surface area contributed by atoms with Crippen LogP contribution in [-0.2, 0) is 6.54 Å². The Bertz CT molecular complexity index is 184. The molecule has 0 aromatic carbocycles. The summed E-state index contributed by atoms with van der Waals surface area (Å²) in [6, 6.07) is -0.00292. The number of aryl methyl sites for hydroxylation is 1. The molecule has 0 atom stereocenters. The summed E-state index contributed by atoms with van der Waals surface area (Å²) in [7, 11) is 0. The Morgan fingerprint density at radius 2 is 2.56 bits per heavy atom. The van der Waals surface area contributed by atoms with Gasteiger partial charge in [0, 0.05) is 6.54 Å². The van der Waals surface area contributed by atoms with E-state index in [2.05, 4.69) is 10.1 Å². The van der Waals surface area contributed by atoms with E-state index in [9.17, 15) is 0 Å². The molecular weight excluding hydrogens is 118 g/mol. The first-order valence-corrected chi connectivity index (χ1v) is 2.91. The number of nitrogens with zero attached hydrogens (tertiary/aromatic N) is 3. The molecule has 0 unspecified atom stereocenters. The van der Waals surface area contributed by atoms with Crippen molar-refractivity contribution in [2.45, 2.75) is 19.9 Å². The average Bonchev–Trinajstić information content (AvgIpc) is 2.18.